The zero-order valence-electron chi connectivity index (χ0n) is 15.9. The lowest BCUT2D eigenvalue weighted by molar-refractivity contribution is 0.0699. The summed E-state index contributed by atoms with van der Waals surface area (Å²) < 4.78 is 5.92. The number of rotatable bonds is 4. The number of para-hydroxylation sites is 1. The molecule has 0 spiro atoms. The predicted molar refractivity (Wildman–Crippen MR) is 118 cm³/mol. The first-order chi connectivity index (χ1) is 14.7. The van der Waals surface area contributed by atoms with Gasteiger partial charge in [-0.1, -0.05) is 60.7 Å². The summed E-state index contributed by atoms with van der Waals surface area (Å²) in [6, 6.07) is 30.3. The molecule has 1 N–H and O–H groups in total. The van der Waals surface area contributed by atoms with Gasteiger partial charge in [-0.15, -0.1) is 0 Å². The topological polar surface area (TPSA) is 59.4 Å². The van der Waals surface area contributed by atoms with E-state index in [0.717, 1.165) is 22.1 Å². The normalized spacial score (nSPS) is 10.9. The number of fused-ring (bicyclic) bond motifs is 3. The highest BCUT2D eigenvalue weighted by molar-refractivity contribution is 6.15. The molecule has 0 aliphatic heterocycles. The molecule has 0 unspecified atom stereocenters. The molecule has 0 bridgehead atoms. The van der Waals surface area contributed by atoms with E-state index in [1.807, 2.05) is 91.0 Å². The summed E-state index contributed by atoms with van der Waals surface area (Å²) in [4.78, 5) is 16.9. The summed E-state index contributed by atoms with van der Waals surface area (Å²) in [5, 5.41) is 12.4. The van der Waals surface area contributed by atoms with Crippen molar-refractivity contribution in [1.82, 2.24) is 4.98 Å². The second-order valence-electron chi connectivity index (χ2n) is 6.98. The highest BCUT2D eigenvalue weighted by Gasteiger charge is 2.16. The van der Waals surface area contributed by atoms with Crippen molar-refractivity contribution in [3.05, 3.63) is 103 Å². The van der Waals surface area contributed by atoms with Crippen molar-refractivity contribution in [2.75, 3.05) is 0 Å². The number of hydrogen-bond acceptors (Lipinski definition) is 3. The Bertz CT molecular complexity index is 1390. The zero-order valence-corrected chi connectivity index (χ0v) is 15.9. The van der Waals surface area contributed by atoms with Crippen LogP contribution in [-0.2, 0) is 0 Å². The predicted octanol–water partition coefficient (Wildman–Crippen LogP) is 6.55. The van der Waals surface area contributed by atoms with Gasteiger partial charge in [0.05, 0.1) is 16.8 Å². The molecule has 0 aliphatic carbocycles. The molecule has 144 valence electrons. The summed E-state index contributed by atoms with van der Waals surface area (Å²) in [6.07, 6.45) is 0. The fraction of sp³-hybridized carbons (Fsp3) is 0. The third kappa shape index (κ3) is 3.25. The standard InChI is InChI=1S/C26H17NO3/c28-26(29)22-16-24(27-23-14-13-17-7-4-5-12-21(17)25(22)23)18-8-6-11-20(15-18)30-19-9-2-1-3-10-19/h1-16H,(H,28,29). The number of carboxylic acids is 1. The minimum atomic E-state index is -0.975. The van der Waals surface area contributed by atoms with Crippen LogP contribution in [0.15, 0.2) is 97.1 Å². The van der Waals surface area contributed by atoms with Gasteiger partial charge in [0.2, 0.25) is 0 Å². The lowest BCUT2D eigenvalue weighted by Gasteiger charge is -2.11. The molecule has 0 saturated carbocycles. The first-order valence-electron chi connectivity index (χ1n) is 9.58. The largest absolute Gasteiger partial charge is 0.478 e. The van der Waals surface area contributed by atoms with Crippen LogP contribution < -0.4 is 4.74 Å². The Kier molecular flexibility index (Phi) is 4.37. The van der Waals surface area contributed by atoms with Crippen molar-refractivity contribution < 1.29 is 14.6 Å². The van der Waals surface area contributed by atoms with Crippen LogP contribution in [0.2, 0.25) is 0 Å². The van der Waals surface area contributed by atoms with E-state index in [0.29, 0.717) is 22.3 Å². The third-order valence-corrected chi connectivity index (χ3v) is 5.04. The lowest BCUT2D eigenvalue weighted by Crippen LogP contribution is -2.01. The maximum atomic E-state index is 12.1. The van der Waals surface area contributed by atoms with Crippen molar-refractivity contribution in [3.63, 3.8) is 0 Å². The van der Waals surface area contributed by atoms with Gasteiger partial charge < -0.3 is 9.84 Å². The number of carbonyl (C=O) groups is 1. The van der Waals surface area contributed by atoms with Gasteiger partial charge in [0.25, 0.3) is 0 Å². The number of benzene rings is 4. The number of aromatic carboxylic acids is 1. The number of carboxylic acid groups (broad SMARTS) is 1. The molecule has 0 aliphatic rings. The van der Waals surface area contributed by atoms with Crippen LogP contribution in [-0.4, -0.2) is 16.1 Å². The van der Waals surface area contributed by atoms with E-state index in [1.165, 1.54) is 0 Å². The van der Waals surface area contributed by atoms with Crippen molar-refractivity contribution in [3.8, 4) is 22.8 Å². The van der Waals surface area contributed by atoms with Gasteiger partial charge in [-0.2, -0.15) is 0 Å². The molecule has 1 aromatic heterocycles. The van der Waals surface area contributed by atoms with Crippen molar-refractivity contribution in [2.45, 2.75) is 0 Å². The Hall–Kier alpha value is -4.18. The first kappa shape index (κ1) is 17.9. The van der Waals surface area contributed by atoms with Crippen molar-refractivity contribution in [2.24, 2.45) is 0 Å². The van der Waals surface area contributed by atoms with Gasteiger partial charge in [0.1, 0.15) is 11.5 Å². The third-order valence-electron chi connectivity index (χ3n) is 5.04. The van der Waals surface area contributed by atoms with E-state index >= 15 is 0 Å². The Morgan fingerprint density at radius 2 is 1.53 bits per heavy atom. The van der Waals surface area contributed by atoms with Crippen LogP contribution in [0.4, 0.5) is 0 Å². The molecule has 5 aromatic rings. The Balaban J connectivity index is 1.66. The molecule has 0 amide bonds. The van der Waals surface area contributed by atoms with Crippen LogP contribution in [0, 0.1) is 0 Å². The molecule has 0 atom stereocenters. The fourth-order valence-electron chi connectivity index (χ4n) is 3.67. The summed E-state index contributed by atoms with van der Waals surface area (Å²) in [5.41, 5.74) is 2.27. The van der Waals surface area contributed by atoms with Crippen LogP contribution in [0.25, 0.3) is 32.9 Å². The number of pyridine rings is 1. The summed E-state index contributed by atoms with van der Waals surface area (Å²) >= 11 is 0. The van der Waals surface area contributed by atoms with Gasteiger partial charge in [-0.25, -0.2) is 9.78 Å². The van der Waals surface area contributed by atoms with E-state index in [9.17, 15) is 9.90 Å². The minimum Gasteiger partial charge on any atom is -0.478 e. The maximum absolute atomic E-state index is 12.1. The van der Waals surface area contributed by atoms with Gasteiger partial charge >= 0.3 is 5.97 Å². The Morgan fingerprint density at radius 1 is 0.767 bits per heavy atom. The fourth-order valence-corrected chi connectivity index (χ4v) is 3.67. The Labute approximate surface area is 173 Å². The maximum Gasteiger partial charge on any atom is 0.336 e. The van der Waals surface area contributed by atoms with E-state index in [4.69, 9.17) is 9.72 Å². The average Bonchev–Trinajstić information content (AvgIpc) is 2.79. The molecular weight excluding hydrogens is 374 g/mol. The van der Waals surface area contributed by atoms with Crippen LogP contribution in [0.3, 0.4) is 0 Å². The SMILES string of the molecule is O=C(O)c1cc(-c2cccc(Oc3ccccc3)c2)nc2ccc3ccccc3c12. The van der Waals surface area contributed by atoms with Crippen molar-refractivity contribution >= 4 is 27.6 Å². The monoisotopic (exact) mass is 391 g/mol. The number of nitrogens with zero attached hydrogens (tertiary/aromatic N) is 1. The molecule has 4 heteroatoms. The molecular formula is C26H17NO3. The summed E-state index contributed by atoms with van der Waals surface area (Å²) in [7, 11) is 0. The van der Waals surface area contributed by atoms with Crippen molar-refractivity contribution in [1.29, 1.82) is 0 Å². The molecule has 4 aromatic carbocycles. The van der Waals surface area contributed by atoms with Gasteiger partial charge in [-0.05, 0) is 47.2 Å². The summed E-state index contributed by atoms with van der Waals surface area (Å²) in [5.74, 6) is 0.423. The second-order valence-corrected chi connectivity index (χ2v) is 6.98. The quantitative estimate of drug-likeness (QED) is 0.353. The average molecular weight is 391 g/mol. The van der Waals surface area contributed by atoms with Gasteiger partial charge in [-0.3, -0.25) is 0 Å². The molecule has 30 heavy (non-hydrogen) atoms. The van der Waals surface area contributed by atoms with Gasteiger partial charge in [0.15, 0.2) is 0 Å². The van der Waals surface area contributed by atoms with Crippen LogP contribution in [0.1, 0.15) is 10.4 Å². The van der Waals surface area contributed by atoms with Crippen LogP contribution >= 0.6 is 0 Å². The smallest absolute Gasteiger partial charge is 0.336 e. The number of ether oxygens (including phenoxy) is 1. The highest BCUT2D eigenvalue weighted by Crippen LogP contribution is 2.32. The molecule has 1 heterocycles. The lowest BCUT2D eigenvalue weighted by atomic mass is 9.98. The molecule has 0 radical (unpaired) electrons. The minimum absolute atomic E-state index is 0.237. The highest BCUT2D eigenvalue weighted by atomic mass is 16.5. The molecule has 0 saturated heterocycles. The summed E-state index contributed by atoms with van der Waals surface area (Å²) in [6.45, 7) is 0. The zero-order chi connectivity index (χ0) is 20.5. The van der Waals surface area contributed by atoms with Gasteiger partial charge in [0, 0.05) is 10.9 Å². The first-order valence-corrected chi connectivity index (χ1v) is 9.58. The number of aromatic nitrogens is 1. The second kappa shape index (κ2) is 7.33. The Morgan fingerprint density at radius 3 is 2.37 bits per heavy atom. The molecule has 4 nitrogen and oxygen atoms in total. The molecule has 0 fully saturated rings. The van der Waals surface area contributed by atoms with E-state index in [1.54, 1.807) is 6.07 Å². The van der Waals surface area contributed by atoms with E-state index < -0.39 is 5.97 Å². The van der Waals surface area contributed by atoms with E-state index in [2.05, 4.69) is 0 Å². The molecule has 5 rings (SSSR count). The van der Waals surface area contributed by atoms with Crippen LogP contribution in [0.5, 0.6) is 11.5 Å². The van der Waals surface area contributed by atoms with E-state index in [-0.39, 0.29) is 5.56 Å². The number of hydrogen-bond donors (Lipinski definition) is 1.